The lowest BCUT2D eigenvalue weighted by molar-refractivity contribution is 0.0395. The molecular formula is C20H31N3O4S. The van der Waals surface area contributed by atoms with Crippen LogP contribution >= 0.6 is 0 Å². The highest BCUT2D eigenvalue weighted by molar-refractivity contribution is 7.90. The van der Waals surface area contributed by atoms with Crippen LogP contribution in [0.5, 0.6) is 5.75 Å². The molecule has 1 fully saturated rings. The van der Waals surface area contributed by atoms with E-state index >= 15 is 0 Å². The van der Waals surface area contributed by atoms with Gasteiger partial charge in [-0.3, -0.25) is 4.99 Å². The van der Waals surface area contributed by atoms with Gasteiger partial charge in [0, 0.05) is 31.8 Å². The normalized spacial score (nSPS) is 21.2. The number of para-hydroxylation sites is 1. The molecule has 0 saturated heterocycles. The van der Waals surface area contributed by atoms with Crippen LogP contribution in [0.15, 0.2) is 29.3 Å². The molecule has 0 bridgehead atoms. The van der Waals surface area contributed by atoms with E-state index in [1.54, 1.807) is 7.05 Å². The Morgan fingerprint density at radius 1 is 1.29 bits per heavy atom. The third-order valence-corrected chi connectivity index (χ3v) is 6.29. The average Bonchev–Trinajstić information content (AvgIpc) is 3.09. The zero-order chi connectivity index (χ0) is 20.0. The first-order chi connectivity index (χ1) is 13.4. The van der Waals surface area contributed by atoms with E-state index in [2.05, 4.69) is 27.8 Å². The minimum Gasteiger partial charge on any atom is -0.487 e. The van der Waals surface area contributed by atoms with Crippen molar-refractivity contribution in [3.8, 4) is 5.75 Å². The van der Waals surface area contributed by atoms with Gasteiger partial charge in [-0.15, -0.1) is 0 Å². The zero-order valence-corrected chi connectivity index (χ0v) is 17.6. The van der Waals surface area contributed by atoms with E-state index in [0.29, 0.717) is 19.1 Å². The van der Waals surface area contributed by atoms with Crippen molar-refractivity contribution in [3.63, 3.8) is 0 Å². The van der Waals surface area contributed by atoms with Gasteiger partial charge in [-0.05, 0) is 31.7 Å². The number of hydrogen-bond donors (Lipinski definition) is 2. The van der Waals surface area contributed by atoms with Gasteiger partial charge in [0.15, 0.2) is 5.96 Å². The van der Waals surface area contributed by atoms with E-state index in [0.717, 1.165) is 30.6 Å². The number of sulfone groups is 1. The fraction of sp³-hybridized carbons (Fsp3) is 0.650. The summed E-state index contributed by atoms with van der Waals surface area (Å²) in [5.74, 6) is 1.72. The van der Waals surface area contributed by atoms with Gasteiger partial charge in [0.1, 0.15) is 21.2 Å². The maximum Gasteiger partial charge on any atom is 0.191 e. The Kier molecular flexibility index (Phi) is 6.82. The van der Waals surface area contributed by atoms with Crippen LogP contribution < -0.4 is 15.4 Å². The van der Waals surface area contributed by atoms with Gasteiger partial charge in [0.05, 0.1) is 25.0 Å². The standard InChI is InChI=1S/C20H31N3O4S/c1-21-19(22-11-12-26-13-14-28(2,24)25)23-17-15-20(9-5-6-10-20)27-18-8-4-3-7-16(17)18/h3-4,7-8,17H,5-6,9-15H2,1-2H3,(H2,21,22,23). The molecule has 1 aliphatic heterocycles. The van der Waals surface area contributed by atoms with Gasteiger partial charge in [0.2, 0.25) is 0 Å². The Labute approximate surface area is 167 Å². The van der Waals surface area contributed by atoms with E-state index in [1.807, 2.05) is 12.1 Å². The topological polar surface area (TPSA) is 89.0 Å². The number of ether oxygens (including phenoxy) is 2. The van der Waals surface area contributed by atoms with Gasteiger partial charge in [0.25, 0.3) is 0 Å². The summed E-state index contributed by atoms with van der Waals surface area (Å²) >= 11 is 0. The van der Waals surface area contributed by atoms with E-state index < -0.39 is 9.84 Å². The Morgan fingerprint density at radius 3 is 2.75 bits per heavy atom. The molecule has 2 N–H and O–H groups in total. The van der Waals surface area contributed by atoms with Crippen LogP contribution in [0.2, 0.25) is 0 Å². The first-order valence-corrected chi connectivity index (χ1v) is 12.0. The van der Waals surface area contributed by atoms with Crippen LogP contribution in [0.25, 0.3) is 0 Å². The fourth-order valence-corrected chi connectivity index (χ4v) is 4.41. The second-order valence-electron chi connectivity index (χ2n) is 7.67. The molecule has 1 saturated carbocycles. The molecule has 0 amide bonds. The van der Waals surface area contributed by atoms with Gasteiger partial charge in [-0.2, -0.15) is 0 Å². The molecule has 156 valence electrons. The maximum atomic E-state index is 11.1. The van der Waals surface area contributed by atoms with Crippen LogP contribution in [-0.4, -0.2) is 58.8 Å². The van der Waals surface area contributed by atoms with Crippen LogP contribution in [0.3, 0.4) is 0 Å². The Morgan fingerprint density at radius 2 is 2.04 bits per heavy atom. The van der Waals surface area contributed by atoms with Gasteiger partial charge < -0.3 is 20.1 Å². The van der Waals surface area contributed by atoms with Crippen LogP contribution in [0, 0.1) is 0 Å². The van der Waals surface area contributed by atoms with Gasteiger partial charge in [-0.25, -0.2) is 8.42 Å². The van der Waals surface area contributed by atoms with Crippen molar-refractivity contribution < 1.29 is 17.9 Å². The molecule has 1 unspecified atom stereocenters. The van der Waals surface area contributed by atoms with E-state index in [1.165, 1.54) is 19.1 Å². The van der Waals surface area contributed by atoms with Crippen LogP contribution in [0.4, 0.5) is 0 Å². The smallest absolute Gasteiger partial charge is 0.191 e. The molecule has 1 spiro atoms. The minimum atomic E-state index is -2.98. The summed E-state index contributed by atoms with van der Waals surface area (Å²) in [6.45, 7) is 1.19. The lowest BCUT2D eigenvalue weighted by atomic mass is 9.86. The summed E-state index contributed by atoms with van der Waals surface area (Å²) < 4.78 is 34.0. The van der Waals surface area contributed by atoms with Crippen molar-refractivity contribution in [1.82, 2.24) is 10.6 Å². The highest BCUT2D eigenvalue weighted by Gasteiger charge is 2.43. The van der Waals surface area contributed by atoms with Crippen LogP contribution in [0.1, 0.15) is 43.7 Å². The number of nitrogens with one attached hydrogen (secondary N) is 2. The molecule has 0 aromatic heterocycles. The van der Waals surface area contributed by atoms with Gasteiger partial charge >= 0.3 is 0 Å². The summed E-state index contributed by atoms with van der Waals surface area (Å²) in [5, 5.41) is 6.78. The number of hydrogen-bond acceptors (Lipinski definition) is 5. The molecular weight excluding hydrogens is 378 g/mol. The molecule has 8 heteroatoms. The summed E-state index contributed by atoms with van der Waals surface area (Å²) in [6, 6.07) is 8.35. The summed E-state index contributed by atoms with van der Waals surface area (Å²) in [4.78, 5) is 4.33. The Bertz CT molecular complexity index is 788. The first kappa shape index (κ1) is 20.9. The highest BCUT2D eigenvalue weighted by Crippen LogP contribution is 2.46. The maximum absolute atomic E-state index is 11.1. The van der Waals surface area contributed by atoms with Crippen molar-refractivity contribution in [3.05, 3.63) is 29.8 Å². The Balaban J connectivity index is 1.55. The molecule has 3 rings (SSSR count). The Hall–Kier alpha value is -1.80. The molecule has 2 aliphatic rings. The molecule has 1 atom stereocenters. The van der Waals surface area contributed by atoms with Crippen molar-refractivity contribution in [1.29, 1.82) is 0 Å². The number of nitrogens with zero attached hydrogens (tertiary/aromatic N) is 1. The van der Waals surface area contributed by atoms with Crippen molar-refractivity contribution in [2.75, 3.05) is 38.8 Å². The van der Waals surface area contributed by atoms with E-state index in [-0.39, 0.29) is 24.0 Å². The van der Waals surface area contributed by atoms with Crippen molar-refractivity contribution in [2.45, 2.75) is 43.7 Å². The molecule has 1 aromatic carbocycles. The number of aliphatic imine (C=N–C) groups is 1. The number of guanidine groups is 1. The molecule has 1 aromatic rings. The predicted octanol–water partition coefficient (Wildman–Crippen LogP) is 2.05. The average molecular weight is 410 g/mol. The largest absolute Gasteiger partial charge is 0.487 e. The second kappa shape index (κ2) is 9.13. The van der Waals surface area contributed by atoms with Gasteiger partial charge in [-0.1, -0.05) is 18.2 Å². The van der Waals surface area contributed by atoms with Crippen molar-refractivity contribution >= 4 is 15.8 Å². The molecule has 1 heterocycles. The van der Waals surface area contributed by atoms with E-state index in [9.17, 15) is 8.42 Å². The number of rotatable bonds is 7. The molecule has 7 nitrogen and oxygen atoms in total. The number of benzene rings is 1. The zero-order valence-electron chi connectivity index (χ0n) is 16.7. The minimum absolute atomic E-state index is 0.0426. The summed E-state index contributed by atoms with van der Waals surface area (Å²) in [7, 11) is -1.24. The molecule has 1 aliphatic carbocycles. The van der Waals surface area contributed by atoms with Crippen molar-refractivity contribution in [2.24, 2.45) is 4.99 Å². The third kappa shape index (κ3) is 5.61. The summed E-state index contributed by atoms with van der Waals surface area (Å²) in [6.07, 6.45) is 6.76. The van der Waals surface area contributed by atoms with E-state index in [4.69, 9.17) is 9.47 Å². The monoisotopic (exact) mass is 409 g/mol. The lowest BCUT2D eigenvalue weighted by Gasteiger charge is -2.40. The highest BCUT2D eigenvalue weighted by atomic mass is 32.2. The second-order valence-corrected chi connectivity index (χ2v) is 9.93. The fourth-order valence-electron chi connectivity index (χ4n) is 3.99. The summed E-state index contributed by atoms with van der Waals surface area (Å²) in [5.41, 5.74) is 1.09. The lowest BCUT2D eigenvalue weighted by Crippen LogP contribution is -2.47. The SMILES string of the molecule is CN=C(NCCOCCS(C)(=O)=O)NC1CC2(CCCC2)Oc2ccccc21. The predicted molar refractivity (Wildman–Crippen MR) is 111 cm³/mol. The third-order valence-electron chi connectivity index (χ3n) is 5.38. The molecule has 28 heavy (non-hydrogen) atoms. The quantitative estimate of drug-likeness (QED) is 0.407. The number of fused-ring (bicyclic) bond motifs is 1. The molecule has 0 radical (unpaired) electrons. The van der Waals surface area contributed by atoms with Crippen LogP contribution in [-0.2, 0) is 14.6 Å². The first-order valence-electron chi connectivity index (χ1n) is 9.91.